The van der Waals surface area contributed by atoms with E-state index >= 15 is 0 Å². The molecule has 0 N–H and O–H groups in total. The molecule has 2 aromatic carbocycles. The van der Waals surface area contributed by atoms with Gasteiger partial charge in [-0.1, -0.05) is 11.6 Å². The molecule has 0 amide bonds. The van der Waals surface area contributed by atoms with Gasteiger partial charge in [0.2, 0.25) is 0 Å². The largest absolute Gasteiger partial charge is 0.494 e. The molecular weight excluding hydrogens is 366 g/mol. The van der Waals surface area contributed by atoms with Crippen LogP contribution in [0.4, 0.5) is 8.78 Å². The van der Waals surface area contributed by atoms with Crippen molar-refractivity contribution in [2.45, 2.75) is 18.4 Å². The van der Waals surface area contributed by atoms with Crippen molar-refractivity contribution in [2.24, 2.45) is 0 Å². The standard InChI is InChI=1S/C15H13ClF2O5S/c1-2-21-10-3-5-11(6-4-10)23-24(19,20)12-7-8-14(13(16)9-12)22-15(17)18/h3-9,15H,2H2,1H3. The minimum atomic E-state index is -4.17. The van der Waals surface area contributed by atoms with Crippen LogP contribution in [-0.4, -0.2) is 21.6 Å². The number of rotatable bonds is 7. The maximum absolute atomic E-state index is 12.2. The fourth-order valence-electron chi connectivity index (χ4n) is 1.76. The van der Waals surface area contributed by atoms with Gasteiger partial charge in [-0.3, -0.25) is 0 Å². The zero-order valence-electron chi connectivity index (χ0n) is 12.4. The maximum atomic E-state index is 12.2. The summed E-state index contributed by atoms with van der Waals surface area (Å²) in [6.45, 7) is -0.769. The first-order chi connectivity index (χ1) is 11.3. The highest BCUT2D eigenvalue weighted by Crippen LogP contribution is 2.30. The molecule has 0 heterocycles. The van der Waals surface area contributed by atoms with Gasteiger partial charge in [0.1, 0.15) is 22.1 Å². The van der Waals surface area contributed by atoms with Crippen LogP contribution in [0.1, 0.15) is 6.92 Å². The Balaban J connectivity index is 2.19. The lowest BCUT2D eigenvalue weighted by Gasteiger charge is -2.10. The molecule has 130 valence electrons. The van der Waals surface area contributed by atoms with E-state index in [0.717, 1.165) is 18.2 Å². The molecule has 5 nitrogen and oxygen atoms in total. The number of alkyl halides is 2. The molecule has 24 heavy (non-hydrogen) atoms. The van der Waals surface area contributed by atoms with Gasteiger partial charge in [-0.15, -0.1) is 0 Å². The Labute approximate surface area is 142 Å². The summed E-state index contributed by atoms with van der Waals surface area (Å²) in [4.78, 5) is -0.289. The second kappa shape index (κ2) is 7.67. The van der Waals surface area contributed by atoms with E-state index in [4.69, 9.17) is 20.5 Å². The first-order valence-electron chi connectivity index (χ1n) is 6.73. The van der Waals surface area contributed by atoms with E-state index in [1.54, 1.807) is 12.1 Å². The van der Waals surface area contributed by atoms with Crippen LogP contribution in [0.15, 0.2) is 47.4 Å². The zero-order valence-corrected chi connectivity index (χ0v) is 14.0. The number of hydrogen-bond acceptors (Lipinski definition) is 5. The number of ether oxygens (including phenoxy) is 2. The van der Waals surface area contributed by atoms with Crippen LogP contribution >= 0.6 is 11.6 Å². The van der Waals surface area contributed by atoms with Crippen molar-refractivity contribution >= 4 is 21.7 Å². The molecule has 2 aromatic rings. The van der Waals surface area contributed by atoms with Crippen molar-refractivity contribution < 1.29 is 30.9 Å². The monoisotopic (exact) mass is 378 g/mol. The molecule has 0 aliphatic carbocycles. The predicted octanol–water partition coefficient (Wildman–Crippen LogP) is 4.11. The highest BCUT2D eigenvalue weighted by Gasteiger charge is 2.19. The fraction of sp³-hybridized carbons (Fsp3) is 0.200. The van der Waals surface area contributed by atoms with Crippen LogP contribution in [0.5, 0.6) is 17.2 Å². The van der Waals surface area contributed by atoms with Crippen LogP contribution in [0.3, 0.4) is 0 Å². The van der Waals surface area contributed by atoms with Crippen LogP contribution in [0.25, 0.3) is 0 Å². The van der Waals surface area contributed by atoms with E-state index in [9.17, 15) is 17.2 Å². The van der Waals surface area contributed by atoms with Crippen molar-refractivity contribution in [3.63, 3.8) is 0 Å². The van der Waals surface area contributed by atoms with Gasteiger partial charge in [0.15, 0.2) is 0 Å². The molecule has 0 radical (unpaired) electrons. The third kappa shape index (κ3) is 4.72. The Hall–Kier alpha value is -2.06. The molecule has 0 saturated carbocycles. The van der Waals surface area contributed by atoms with Gasteiger partial charge in [0.25, 0.3) is 0 Å². The Bertz CT molecular complexity index is 794. The van der Waals surface area contributed by atoms with Gasteiger partial charge < -0.3 is 13.7 Å². The second-order valence-electron chi connectivity index (χ2n) is 4.41. The molecule has 0 aromatic heterocycles. The average molecular weight is 379 g/mol. The molecule has 0 spiro atoms. The fourth-order valence-corrected chi connectivity index (χ4v) is 3.01. The smallest absolute Gasteiger partial charge is 0.387 e. The topological polar surface area (TPSA) is 61.8 Å². The van der Waals surface area contributed by atoms with Crippen molar-refractivity contribution in [3.8, 4) is 17.2 Å². The van der Waals surface area contributed by atoms with E-state index in [-0.39, 0.29) is 21.4 Å². The summed E-state index contributed by atoms with van der Waals surface area (Å²) in [6, 6.07) is 9.04. The molecule has 0 saturated heterocycles. The van der Waals surface area contributed by atoms with E-state index in [1.807, 2.05) is 6.92 Å². The Morgan fingerprint density at radius 3 is 2.25 bits per heavy atom. The first kappa shape index (κ1) is 18.3. The average Bonchev–Trinajstić information content (AvgIpc) is 2.51. The molecule has 0 bridgehead atoms. The molecule has 0 aliphatic heterocycles. The minimum Gasteiger partial charge on any atom is -0.494 e. The summed E-state index contributed by atoms with van der Waals surface area (Å²) in [5.74, 6) is 0.313. The SMILES string of the molecule is CCOc1ccc(OS(=O)(=O)c2ccc(OC(F)F)c(Cl)c2)cc1. The van der Waals surface area contributed by atoms with Gasteiger partial charge in [-0.2, -0.15) is 17.2 Å². The maximum Gasteiger partial charge on any atom is 0.387 e. The highest BCUT2D eigenvalue weighted by molar-refractivity contribution is 7.87. The molecule has 9 heteroatoms. The molecule has 0 aliphatic rings. The van der Waals surface area contributed by atoms with E-state index < -0.39 is 16.7 Å². The Kier molecular flexibility index (Phi) is 5.84. The lowest BCUT2D eigenvalue weighted by molar-refractivity contribution is -0.0498. The van der Waals surface area contributed by atoms with Crippen LogP contribution in [-0.2, 0) is 10.1 Å². The molecular formula is C15H13ClF2O5S. The van der Waals surface area contributed by atoms with Crippen LogP contribution in [0.2, 0.25) is 5.02 Å². The molecule has 0 unspecified atom stereocenters. The third-order valence-corrected chi connectivity index (χ3v) is 4.29. The predicted molar refractivity (Wildman–Crippen MR) is 83.5 cm³/mol. The van der Waals surface area contributed by atoms with Crippen molar-refractivity contribution in [1.29, 1.82) is 0 Å². The molecule has 2 rings (SSSR count). The number of hydrogen-bond donors (Lipinski definition) is 0. The molecule has 0 atom stereocenters. The summed E-state index contributed by atoms with van der Waals surface area (Å²) < 4.78 is 63.1. The Morgan fingerprint density at radius 1 is 1.08 bits per heavy atom. The zero-order chi connectivity index (χ0) is 17.7. The normalized spacial score (nSPS) is 11.4. The summed E-state index contributed by atoms with van der Waals surface area (Å²) >= 11 is 5.74. The van der Waals surface area contributed by atoms with E-state index in [1.165, 1.54) is 12.1 Å². The first-order valence-corrected chi connectivity index (χ1v) is 8.52. The van der Waals surface area contributed by atoms with Crippen molar-refractivity contribution in [3.05, 3.63) is 47.5 Å². The number of benzene rings is 2. The molecule has 0 fully saturated rings. The van der Waals surface area contributed by atoms with E-state index in [0.29, 0.717) is 12.4 Å². The second-order valence-corrected chi connectivity index (χ2v) is 6.37. The Morgan fingerprint density at radius 2 is 1.71 bits per heavy atom. The summed E-state index contributed by atoms with van der Waals surface area (Å²) in [7, 11) is -4.17. The van der Waals surface area contributed by atoms with Gasteiger partial charge in [-0.05, 0) is 49.4 Å². The van der Waals surface area contributed by atoms with Gasteiger partial charge >= 0.3 is 16.7 Å². The van der Waals surface area contributed by atoms with Gasteiger partial charge in [-0.25, -0.2) is 0 Å². The van der Waals surface area contributed by atoms with Crippen molar-refractivity contribution in [2.75, 3.05) is 6.61 Å². The number of halogens is 3. The summed E-state index contributed by atoms with van der Waals surface area (Å²) in [6.07, 6.45) is 0. The summed E-state index contributed by atoms with van der Waals surface area (Å²) in [5.41, 5.74) is 0. The highest BCUT2D eigenvalue weighted by atomic mass is 35.5. The van der Waals surface area contributed by atoms with Crippen molar-refractivity contribution in [1.82, 2.24) is 0 Å². The quantitative estimate of drug-likeness (QED) is 0.678. The lowest BCUT2D eigenvalue weighted by Crippen LogP contribution is -2.10. The van der Waals surface area contributed by atoms with Gasteiger partial charge in [0, 0.05) is 0 Å². The minimum absolute atomic E-state index is 0.0717. The summed E-state index contributed by atoms with van der Waals surface area (Å²) in [5, 5.41) is -0.272. The third-order valence-electron chi connectivity index (χ3n) is 2.75. The van der Waals surface area contributed by atoms with Crippen LogP contribution < -0.4 is 13.7 Å². The van der Waals surface area contributed by atoms with E-state index in [2.05, 4.69) is 4.74 Å². The van der Waals surface area contributed by atoms with Gasteiger partial charge in [0.05, 0.1) is 11.6 Å². The van der Waals surface area contributed by atoms with Crippen LogP contribution in [0, 0.1) is 0 Å². The lowest BCUT2D eigenvalue weighted by atomic mass is 10.3.